The van der Waals surface area contributed by atoms with Crippen molar-refractivity contribution < 1.29 is 14.3 Å². The van der Waals surface area contributed by atoms with E-state index in [4.69, 9.17) is 5.11 Å². The van der Waals surface area contributed by atoms with Crippen LogP contribution in [0.3, 0.4) is 0 Å². The number of pyridine rings is 1. The quantitative estimate of drug-likeness (QED) is 0.882. The first-order valence-corrected chi connectivity index (χ1v) is 5.22. The molecule has 1 N–H and O–H groups in total. The van der Waals surface area contributed by atoms with Gasteiger partial charge in [-0.25, -0.2) is 9.18 Å². The van der Waals surface area contributed by atoms with Gasteiger partial charge in [-0.3, -0.25) is 9.36 Å². The molecule has 0 aliphatic rings. The lowest BCUT2D eigenvalue weighted by Crippen LogP contribution is -2.20. The third-order valence-corrected chi connectivity index (χ3v) is 2.59. The lowest BCUT2D eigenvalue weighted by molar-refractivity contribution is 0.0696. The van der Waals surface area contributed by atoms with Gasteiger partial charge in [-0.05, 0) is 24.6 Å². The van der Waals surface area contributed by atoms with Gasteiger partial charge in [0.05, 0.1) is 11.3 Å². The monoisotopic (exact) mass is 247 g/mol. The molecule has 0 fully saturated rings. The minimum absolute atomic E-state index is 0.0720. The predicted octanol–water partition coefficient (Wildman–Crippen LogP) is 1.98. The van der Waals surface area contributed by atoms with E-state index in [0.29, 0.717) is 5.56 Å². The fourth-order valence-corrected chi connectivity index (χ4v) is 1.72. The maximum atomic E-state index is 13.7. The van der Waals surface area contributed by atoms with E-state index in [2.05, 4.69) is 0 Å². The van der Waals surface area contributed by atoms with Crippen LogP contribution in [-0.2, 0) is 0 Å². The number of carbonyl (C=O) groups is 1. The van der Waals surface area contributed by atoms with Crippen LogP contribution in [0.15, 0.2) is 41.3 Å². The van der Waals surface area contributed by atoms with Gasteiger partial charge in [0.1, 0.15) is 5.82 Å². The average molecular weight is 247 g/mol. The highest BCUT2D eigenvalue weighted by atomic mass is 19.1. The summed E-state index contributed by atoms with van der Waals surface area (Å²) in [5.74, 6) is -1.74. The Kier molecular flexibility index (Phi) is 2.97. The summed E-state index contributed by atoms with van der Waals surface area (Å²) in [6.45, 7) is 1.65. The van der Waals surface area contributed by atoms with Crippen LogP contribution >= 0.6 is 0 Å². The number of carboxylic acids is 1. The fourth-order valence-electron chi connectivity index (χ4n) is 1.72. The van der Waals surface area contributed by atoms with Crippen LogP contribution in [0.25, 0.3) is 5.69 Å². The number of benzene rings is 1. The Bertz CT molecular complexity index is 656. The molecule has 0 atom stereocenters. The van der Waals surface area contributed by atoms with Gasteiger partial charge in [-0.1, -0.05) is 12.1 Å². The molecule has 0 unspecified atom stereocenters. The molecule has 2 aromatic rings. The van der Waals surface area contributed by atoms with Crippen LogP contribution in [0, 0.1) is 12.7 Å². The number of halogens is 1. The zero-order valence-corrected chi connectivity index (χ0v) is 9.55. The summed E-state index contributed by atoms with van der Waals surface area (Å²) >= 11 is 0. The Labute approximate surface area is 102 Å². The third-order valence-electron chi connectivity index (χ3n) is 2.59. The second-order valence-corrected chi connectivity index (χ2v) is 3.84. The molecule has 18 heavy (non-hydrogen) atoms. The van der Waals surface area contributed by atoms with Crippen LogP contribution in [0.4, 0.5) is 4.39 Å². The summed E-state index contributed by atoms with van der Waals surface area (Å²) in [7, 11) is 0. The maximum Gasteiger partial charge on any atom is 0.337 e. The molecule has 0 spiro atoms. The largest absolute Gasteiger partial charge is 0.478 e. The van der Waals surface area contributed by atoms with Crippen molar-refractivity contribution in [3.8, 4) is 5.69 Å². The molecule has 4 nitrogen and oxygen atoms in total. The van der Waals surface area contributed by atoms with Gasteiger partial charge in [-0.2, -0.15) is 0 Å². The van der Waals surface area contributed by atoms with E-state index in [1.807, 2.05) is 0 Å². The van der Waals surface area contributed by atoms with Gasteiger partial charge in [0.2, 0.25) is 0 Å². The topological polar surface area (TPSA) is 59.3 Å². The molecule has 0 saturated heterocycles. The molecule has 92 valence electrons. The molecule has 0 bridgehead atoms. The van der Waals surface area contributed by atoms with Gasteiger partial charge in [0.25, 0.3) is 5.56 Å². The minimum atomic E-state index is -1.17. The van der Waals surface area contributed by atoms with E-state index in [0.717, 1.165) is 16.8 Å². The van der Waals surface area contributed by atoms with Gasteiger partial charge in [-0.15, -0.1) is 0 Å². The van der Waals surface area contributed by atoms with Gasteiger partial charge < -0.3 is 5.11 Å². The van der Waals surface area contributed by atoms with Crippen molar-refractivity contribution in [2.24, 2.45) is 0 Å². The van der Waals surface area contributed by atoms with Gasteiger partial charge >= 0.3 is 5.97 Å². The number of hydrogen-bond donors (Lipinski definition) is 1. The van der Waals surface area contributed by atoms with Crippen molar-refractivity contribution in [1.82, 2.24) is 4.57 Å². The Balaban J connectivity index is 2.75. The van der Waals surface area contributed by atoms with Crippen molar-refractivity contribution in [1.29, 1.82) is 0 Å². The molecule has 0 aliphatic heterocycles. The van der Waals surface area contributed by atoms with Crippen LogP contribution in [0.1, 0.15) is 15.9 Å². The van der Waals surface area contributed by atoms with E-state index in [1.54, 1.807) is 13.0 Å². The summed E-state index contributed by atoms with van der Waals surface area (Å²) in [6.07, 6.45) is 1.12. The number of aromatic carboxylic acids is 1. The Morgan fingerprint density at radius 1 is 1.28 bits per heavy atom. The van der Waals surface area contributed by atoms with Crippen molar-refractivity contribution in [3.63, 3.8) is 0 Å². The first kappa shape index (κ1) is 12.0. The first-order chi connectivity index (χ1) is 8.50. The van der Waals surface area contributed by atoms with Gasteiger partial charge in [0.15, 0.2) is 0 Å². The molecule has 0 amide bonds. The first-order valence-electron chi connectivity index (χ1n) is 5.22. The number of rotatable bonds is 2. The molecular formula is C13H10FNO3. The standard InChI is InChI=1S/C13H10FNO3/c1-8-3-2-4-10(14)12(8)15-7-9(13(17)18)5-6-11(15)16/h2-7H,1H3,(H,17,18). The zero-order chi connectivity index (χ0) is 13.3. The molecule has 0 aliphatic carbocycles. The summed E-state index contributed by atoms with van der Waals surface area (Å²) in [5.41, 5.74) is 0.0793. The van der Waals surface area contributed by atoms with E-state index in [1.165, 1.54) is 18.2 Å². The Morgan fingerprint density at radius 3 is 2.61 bits per heavy atom. The van der Waals surface area contributed by atoms with Crippen molar-refractivity contribution in [2.75, 3.05) is 0 Å². The summed E-state index contributed by atoms with van der Waals surface area (Å²) in [4.78, 5) is 22.6. The number of carboxylic acid groups (broad SMARTS) is 1. The molecule has 5 heteroatoms. The SMILES string of the molecule is Cc1cccc(F)c1-n1cc(C(=O)O)ccc1=O. The highest BCUT2D eigenvalue weighted by Gasteiger charge is 2.11. The number of para-hydroxylation sites is 1. The number of hydrogen-bond acceptors (Lipinski definition) is 2. The van der Waals surface area contributed by atoms with E-state index in [-0.39, 0.29) is 11.3 Å². The van der Waals surface area contributed by atoms with Crippen molar-refractivity contribution in [3.05, 3.63) is 63.8 Å². The zero-order valence-electron chi connectivity index (χ0n) is 9.55. The molecule has 1 aromatic carbocycles. The lowest BCUT2D eigenvalue weighted by Gasteiger charge is -2.10. The molecule has 0 saturated carbocycles. The summed E-state index contributed by atoms with van der Waals surface area (Å²) in [5, 5.41) is 8.88. The van der Waals surface area contributed by atoms with E-state index in [9.17, 15) is 14.0 Å². The van der Waals surface area contributed by atoms with Crippen LogP contribution in [0.5, 0.6) is 0 Å². The molecule has 1 heterocycles. The van der Waals surface area contributed by atoms with Crippen LogP contribution < -0.4 is 5.56 Å². The maximum absolute atomic E-state index is 13.7. The van der Waals surface area contributed by atoms with Gasteiger partial charge in [0, 0.05) is 12.3 Å². The van der Waals surface area contributed by atoms with E-state index < -0.39 is 17.3 Å². The molecule has 1 aromatic heterocycles. The van der Waals surface area contributed by atoms with Crippen LogP contribution in [-0.4, -0.2) is 15.6 Å². The normalized spacial score (nSPS) is 10.3. The summed E-state index contributed by atoms with van der Waals surface area (Å²) < 4.78 is 14.7. The smallest absolute Gasteiger partial charge is 0.337 e. The fraction of sp³-hybridized carbons (Fsp3) is 0.0769. The van der Waals surface area contributed by atoms with Crippen LogP contribution in [0.2, 0.25) is 0 Å². The molecule has 0 radical (unpaired) electrons. The van der Waals surface area contributed by atoms with Crippen molar-refractivity contribution >= 4 is 5.97 Å². The number of aromatic nitrogens is 1. The number of aryl methyl sites for hydroxylation is 1. The highest BCUT2D eigenvalue weighted by Crippen LogP contribution is 2.16. The molecule has 2 rings (SSSR count). The second-order valence-electron chi connectivity index (χ2n) is 3.84. The van der Waals surface area contributed by atoms with E-state index >= 15 is 0 Å². The highest BCUT2D eigenvalue weighted by molar-refractivity contribution is 5.87. The minimum Gasteiger partial charge on any atom is -0.478 e. The predicted molar refractivity (Wildman–Crippen MR) is 63.7 cm³/mol. The Hall–Kier alpha value is -2.43. The lowest BCUT2D eigenvalue weighted by atomic mass is 10.2. The average Bonchev–Trinajstić information content (AvgIpc) is 2.30. The Morgan fingerprint density at radius 2 is 2.00 bits per heavy atom. The number of nitrogens with zero attached hydrogens (tertiary/aromatic N) is 1. The summed E-state index contributed by atoms with van der Waals surface area (Å²) in [6, 6.07) is 6.70. The second kappa shape index (κ2) is 4.44. The van der Waals surface area contributed by atoms with Crippen molar-refractivity contribution in [2.45, 2.75) is 6.92 Å². The third kappa shape index (κ3) is 2.02. The molecular weight excluding hydrogens is 237 g/mol.